The van der Waals surface area contributed by atoms with Gasteiger partial charge in [0.05, 0.1) is 36.8 Å². The van der Waals surface area contributed by atoms with Gasteiger partial charge in [-0.2, -0.15) is 0 Å². The summed E-state index contributed by atoms with van der Waals surface area (Å²) in [4.78, 5) is 7.64. The number of anilines is 1. The molecular weight excluding hydrogens is 414 g/mol. The number of rotatable bonds is 3. The van der Waals surface area contributed by atoms with Crippen molar-refractivity contribution in [1.82, 2.24) is 9.97 Å². The van der Waals surface area contributed by atoms with Crippen molar-refractivity contribution >= 4 is 26.7 Å². The number of sulfonamides is 1. The van der Waals surface area contributed by atoms with Crippen LogP contribution in [0.25, 0.3) is 33.7 Å². The summed E-state index contributed by atoms with van der Waals surface area (Å²) >= 11 is 0. The lowest BCUT2D eigenvalue weighted by atomic mass is 10.00. The van der Waals surface area contributed by atoms with Gasteiger partial charge in [-0.05, 0) is 19.9 Å². The highest BCUT2D eigenvalue weighted by Gasteiger charge is 2.29. The number of hydrogen-bond donors (Lipinski definition) is 1. The number of nitrogens with zero attached hydrogens (tertiary/aromatic N) is 2. The minimum atomic E-state index is -3.46. The van der Waals surface area contributed by atoms with Crippen molar-refractivity contribution in [3.8, 4) is 22.7 Å². The predicted octanol–water partition coefficient (Wildman–Crippen LogP) is 4.66. The monoisotopic (exact) mass is 437 g/mol. The molecule has 0 radical (unpaired) electrons. The third-order valence-electron chi connectivity index (χ3n) is 5.66. The first kappa shape index (κ1) is 19.8. The summed E-state index contributed by atoms with van der Waals surface area (Å²) in [6.07, 6.45) is 4.43. The van der Waals surface area contributed by atoms with Gasteiger partial charge in [0.1, 0.15) is 17.2 Å². The number of hydrogen-bond acceptors (Lipinski definition) is 5. The number of nitrogens with one attached hydrogen (secondary N) is 1. The molecule has 1 unspecified atom stereocenters. The molecule has 0 fully saturated rings. The number of aryl methyl sites for hydroxylation is 1. The molecule has 8 heteroatoms. The molecule has 2 aromatic heterocycles. The fraction of sp³-hybridized carbons (Fsp3) is 0.261. The van der Waals surface area contributed by atoms with E-state index in [2.05, 4.69) is 9.97 Å². The summed E-state index contributed by atoms with van der Waals surface area (Å²) < 4.78 is 38.6. The number of aromatic amines is 1. The van der Waals surface area contributed by atoms with Crippen molar-refractivity contribution in [3.05, 3.63) is 59.9 Å². The van der Waals surface area contributed by atoms with E-state index in [1.807, 2.05) is 44.2 Å². The Kier molecular flexibility index (Phi) is 4.64. The van der Waals surface area contributed by atoms with Crippen LogP contribution >= 0.6 is 0 Å². The number of imidazole rings is 1. The zero-order valence-electron chi connectivity index (χ0n) is 17.5. The van der Waals surface area contributed by atoms with Crippen molar-refractivity contribution in [1.29, 1.82) is 0 Å². The maximum Gasteiger partial charge on any atom is 0.232 e. The summed E-state index contributed by atoms with van der Waals surface area (Å²) in [5.41, 5.74) is 4.92. The summed E-state index contributed by atoms with van der Waals surface area (Å²) in [7, 11) is -3.46. The van der Waals surface area contributed by atoms with E-state index in [4.69, 9.17) is 9.15 Å². The summed E-state index contributed by atoms with van der Waals surface area (Å²) in [5.74, 6) is 1.38. The van der Waals surface area contributed by atoms with Gasteiger partial charge in [0.2, 0.25) is 10.0 Å². The highest BCUT2D eigenvalue weighted by Crippen LogP contribution is 2.44. The van der Waals surface area contributed by atoms with Crippen LogP contribution in [-0.4, -0.2) is 37.8 Å². The number of furan rings is 1. The minimum absolute atomic E-state index is 0.256. The van der Waals surface area contributed by atoms with Gasteiger partial charge in [-0.1, -0.05) is 29.8 Å². The van der Waals surface area contributed by atoms with E-state index in [1.165, 1.54) is 10.6 Å². The van der Waals surface area contributed by atoms with Gasteiger partial charge >= 0.3 is 0 Å². The molecule has 3 heterocycles. The standard InChI is InChI=1S/C23H23N3O4S/c1-14-4-6-16(7-5-14)22-21(23-24-8-9-25-23)18-12-17-15(2)29-11-10-26(31(3,27)28)19(17)13-20(18)30-22/h4-9,12-13,15H,10-11H2,1-3H3,(H,24,25). The lowest BCUT2D eigenvalue weighted by Crippen LogP contribution is -2.32. The molecule has 7 nitrogen and oxygen atoms in total. The van der Waals surface area contributed by atoms with Crippen molar-refractivity contribution in [2.75, 3.05) is 23.7 Å². The van der Waals surface area contributed by atoms with E-state index in [-0.39, 0.29) is 12.6 Å². The third-order valence-corrected chi connectivity index (χ3v) is 6.84. The van der Waals surface area contributed by atoms with E-state index in [9.17, 15) is 8.42 Å². The first-order valence-electron chi connectivity index (χ1n) is 10.1. The molecule has 0 bridgehead atoms. The zero-order valence-corrected chi connectivity index (χ0v) is 18.4. The molecule has 2 aromatic carbocycles. The van der Waals surface area contributed by atoms with E-state index in [0.29, 0.717) is 29.5 Å². The Labute approximate surface area is 180 Å². The van der Waals surface area contributed by atoms with Gasteiger partial charge in [-0.25, -0.2) is 13.4 Å². The van der Waals surface area contributed by atoms with Crippen LogP contribution in [0.4, 0.5) is 5.69 Å². The second-order valence-corrected chi connectivity index (χ2v) is 9.77. The second-order valence-electron chi connectivity index (χ2n) is 7.87. The van der Waals surface area contributed by atoms with Crippen molar-refractivity contribution in [3.63, 3.8) is 0 Å². The lowest BCUT2D eigenvalue weighted by Gasteiger charge is -2.22. The number of fused-ring (bicyclic) bond motifs is 2. The largest absolute Gasteiger partial charge is 0.455 e. The van der Waals surface area contributed by atoms with Crippen LogP contribution in [0.5, 0.6) is 0 Å². The average molecular weight is 438 g/mol. The van der Waals surface area contributed by atoms with Gasteiger partial charge in [0.15, 0.2) is 0 Å². The van der Waals surface area contributed by atoms with E-state index >= 15 is 0 Å². The topological polar surface area (TPSA) is 88.4 Å². The van der Waals surface area contributed by atoms with Crippen molar-refractivity contribution in [2.45, 2.75) is 20.0 Å². The highest BCUT2D eigenvalue weighted by atomic mass is 32.2. The predicted molar refractivity (Wildman–Crippen MR) is 121 cm³/mol. The fourth-order valence-corrected chi connectivity index (χ4v) is 5.02. The summed E-state index contributed by atoms with van der Waals surface area (Å²) in [6.45, 7) is 4.56. The number of benzene rings is 2. The Bertz CT molecular complexity index is 1360. The molecule has 1 aliphatic heterocycles. The SMILES string of the molecule is Cc1ccc(-c2oc3cc4c(cc3c2-c2ncc[nH]2)C(C)OCCN4S(C)(=O)=O)cc1. The first-order valence-corrected chi connectivity index (χ1v) is 11.9. The molecule has 160 valence electrons. The second kappa shape index (κ2) is 7.25. The number of H-pyrrole nitrogens is 1. The molecule has 1 N–H and O–H groups in total. The van der Waals surface area contributed by atoms with Crippen LogP contribution in [0, 0.1) is 6.92 Å². The van der Waals surface area contributed by atoms with Gasteiger partial charge in [-0.3, -0.25) is 4.31 Å². The molecule has 1 atom stereocenters. The van der Waals surface area contributed by atoms with Gasteiger partial charge in [-0.15, -0.1) is 0 Å². The Morgan fingerprint density at radius 2 is 1.97 bits per heavy atom. The smallest absolute Gasteiger partial charge is 0.232 e. The Hall–Kier alpha value is -3.10. The minimum Gasteiger partial charge on any atom is -0.455 e. The molecular formula is C23H23N3O4S. The molecule has 1 aliphatic rings. The van der Waals surface area contributed by atoms with Gasteiger partial charge in [0.25, 0.3) is 0 Å². The van der Waals surface area contributed by atoms with Crippen molar-refractivity contribution < 1.29 is 17.6 Å². The van der Waals surface area contributed by atoms with E-state index in [0.717, 1.165) is 27.6 Å². The molecule has 5 rings (SSSR count). The molecule has 0 saturated carbocycles. The highest BCUT2D eigenvalue weighted by molar-refractivity contribution is 7.92. The molecule has 0 aliphatic carbocycles. The van der Waals surface area contributed by atoms with E-state index < -0.39 is 10.0 Å². The number of ether oxygens (including phenoxy) is 1. The summed E-state index contributed by atoms with van der Waals surface area (Å²) in [5, 5.41) is 0.857. The zero-order chi connectivity index (χ0) is 21.8. The van der Waals surface area contributed by atoms with Crippen LogP contribution in [0.15, 0.2) is 53.2 Å². The maximum absolute atomic E-state index is 12.5. The Morgan fingerprint density at radius 3 is 2.65 bits per heavy atom. The van der Waals surface area contributed by atoms with Crippen LogP contribution < -0.4 is 4.31 Å². The van der Waals surface area contributed by atoms with Crippen LogP contribution in [-0.2, 0) is 14.8 Å². The van der Waals surface area contributed by atoms with Gasteiger partial charge < -0.3 is 14.1 Å². The van der Waals surface area contributed by atoms with E-state index in [1.54, 1.807) is 18.5 Å². The maximum atomic E-state index is 12.5. The third kappa shape index (κ3) is 3.41. The average Bonchev–Trinajstić information content (AvgIpc) is 3.33. The molecule has 0 saturated heterocycles. The Morgan fingerprint density at radius 1 is 1.19 bits per heavy atom. The molecule has 0 amide bonds. The Balaban J connectivity index is 1.82. The molecule has 31 heavy (non-hydrogen) atoms. The van der Waals surface area contributed by atoms with Crippen LogP contribution in [0.2, 0.25) is 0 Å². The van der Waals surface area contributed by atoms with Gasteiger partial charge in [0, 0.05) is 35.0 Å². The fourth-order valence-electron chi connectivity index (χ4n) is 4.10. The van der Waals surface area contributed by atoms with Crippen LogP contribution in [0.1, 0.15) is 24.2 Å². The summed E-state index contributed by atoms with van der Waals surface area (Å²) in [6, 6.07) is 11.9. The van der Waals surface area contributed by atoms with Crippen LogP contribution in [0.3, 0.4) is 0 Å². The normalized spacial score (nSPS) is 17.0. The number of aromatic nitrogens is 2. The quantitative estimate of drug-likeness (QED) is 0.504. The lowest BCUT2D eigenvalue weighted by molar-refractivity contribution is 0.0769. The molecule has 4 aromatic rings. The first-order chi connectivity index (χ1) is 14.8. The van der Waals surface area contributed by atoms with Crippen molar-refractivity contribution in [2.24, 2.45) is 0 Å². The molecule has 0 spiro atoms.